The number of alkyl halides is 1. The van der Waals surface area contributed by atoms with Crippen LogP contribution in [0.2, 0.25) is 5.02 Å². The van der Waals surface area contributed by atoms with Crippen molar-refractivity contribution in [1.29, 1.82) is 0 Å². The highest BCUT2D eigenvalue weighted by atomic mass is 35.5. The molecular formula is C27H42ClFN4O4. The number of urea groups is 1. The van der Waals surface area contributed by atoms with Crippen molar-refractivity contribution in [3.05, 3.63) is 34.9 Å². The Kier molecular flexibility index (Phi) is 11.7. The lowest BCUT2D eigenvalue weighted by molar-refractivity contribution is -0.0155. The summed E-state index contributed by atoms with van der Waals surface area (Å²) in [5.41, 5.74) is 0.925. The summed E-state index contributed by atoms with van der Waals surface area (Å²) >= 11 is 6.27. The second-order valence-electron chi connectivity index (χ2n) is 10.5. The highest BCUT2D eigenvalue weighted by molar-refractivity contribution is 6.30. The highest BCUT2D eigenvalue weighted by Crippen LogP contribution is 2.34. The van der Waals surface area contributed by atoms with Crippen LogP contribution < -0.4 is 10.6 Å². The normalized spacial score (nSPS) is 23.8. The number of ether oxygens (including phenoxy) is 1. The van der Waals surface area contributed by atoms with E-state index in [1.165, 1.54) is 11.9 Å². The van der Waals surface area contributed by atoms with E-state index >= 15 is 0 Å². The Labute approximate surface area is 224 Å². The van der Waals surface area contributed by atoms with E-state index in [0.717, 1.165) is 37.7 Å². The molecule has 37 heavy (non-hydrogen) atoms. The number of likely N-dealkylation sites (N-methyl/N-ethyl adjacent to an activating group) is 2. The molecule has 1 heterocycles. The maximum Gasteiger partial charge on any atom is 0.407 e. The summed E-state index contributed by atoms with van der Waals surface area (Å²) in [5, 5.41) is 16.2. The van der Waals surface area contributed by atoms with Gasteiger partial charge in [0.15, 0.2) is 0 Å². The molecule has 2 aliphatic rings. The molecule has 3 N–H and O–H groups in total. The summed E-state index contributed by atoms with van der Waals surface area (Å²) < 4.78 is 19.8. The topological polar surface area (TPSA) is 94.1 Å². The van der Waals surface area contributed by atoms with Gasteiger partial charge in [0.05, 0.1) is 12.7 Å². The molecule has 1 aromatic rings. The maximum atomic E-state index is 13.6. The highest BCUT2D eigenvalue weighted by Gasteiger charge is 2.32. The van der Waals surface area contributed by atoms with Crippen molar-refractivity contribution in [2.24, 2.45) is 11.8 Å². The fourth-order valence-electron chi connectivity index (χ4n) is 5.51. The van der Waals surface area contributed by atoms with Gasteiger partial charge in [0.25, 0.3) is 0 Å². The number of carbonyl (C=O) groups excluding carboxylic acids is 1. The Morgan fingerprint density at radius 2 is 2.03 bits per heavy atom. The Balaban J connectivity index is 1.63. The van der Waals surface area contributed by atoms with Crippen LogP contribution in [0.3, 0.4) is 0 Å². The van der Waals surface area contributed by atoms with Crippen LogP contribution in [0.25, 0.3) is 0 Å². The largest absolute Gasteiger partial charge is 0.465 e. The number of likely N-dealkylation sites (tertiary alicyclic amines) is 1. The smallest absolute Gasteiger partial charge is 0.407 e. The molecule has 0 bridgehead atoms. The molecule has 3 amide bonds. The quantitative estimate of drug-likeness (QED) is 0.370. The second-order valence-corrected chi connectivity index (χ2v) is 10.9. The number of hydrogen-bond acceptors (Lipinski definition) is 4. The van der Waals surface area contributed by atoms with Gasteiger partial charge in [0.1, 0.15) is 6.17 Å². The first-order valence-corrected chi connectivity index (χ1v) is 13.8. The molecule has 1 aliphatic heterocycles. The van der Waals surface area contributed by atoms with Crippen LogP contribution >= 0.6 is 11.6 Å². The van der Waals surface area contributed by atoms with Crippen molar-refractivity contribution in [2.45, 2.75) is 63.3 Å². The standard InChI is InChI=1S/C27H42ClFN4O4/c1-30-17-24(15-19-8-10-23(29)11-9-19)31-26(34)33-12-4-6-21(18-33)25(20-5-3-7-22(28)16-20)37-14-13-32(2)27(35)36/h3,5,7,16,19,21,23-25,30H,4,6,8-15,17-18H2,1-2H3,(H,31,34)(H,35,36)/t19?,21-,23?,24+,25+/m1/s1. The summed E-state index contributed by atoms with van der Waals surface area (Å²) in [4.78, 5) is 27.5. The van der Waals surface area contributed by atoms with Gasteiger partial charge in [-0.2, -0.15) is 0 Å². The molecule has 1 saturated heterocycles. The fourth-order valence-corrected chi connectivity index (χ4v) is 5.71. The van der Waals surface area contributed by atoms with E-state index in [1.54, 1.807) is 0 Å². The van der Waals surface area contributed by atoms with Gasteiger partial charge in [-0.1, -0.05) is 23.7 Å². The summed E-state index contributed by atoms with van der Waals surface area (Å²) in [7, 11) is 3.39. The predicted octanol–water partition coefficient (Wildman–Crippen LogP) is 4.94. The SMILES string of the molecule is CNC[C@H](CC1CCC(F)CC1)NC(=O)N1CCC[C@@H]([C@@H](OCCN(C)C(=O)O)c2cccc(Cl)c2)C1. The molecule has 0 spiro atoms. The molecule has 2 fully saturated rings. The minimum absolute atomic E-state index is 0.00873. The van der Waals surface area contributed by atoms with Crippen LogP contribution in [-0.4, -0.2) is 86.1 Å². The van der Waals surface area contributed by atoms with Crippen molar-refractivity contribution in [1.82, 2.24) is 20.4 Å². The Morgan fingerprint density at radius 1 is 1.27 bits per heavy atom. The van der Waals surface area contributed by atoms with Crippen molar-refractivity contribution in [3.8, 4) is 0 Å². The number of carbonyl (C=O) groups is 2. The van der Waals surface area contributed by atoms with Crippen LogP contribution in [0.5, 0.6) is 0 Å². The van der Waals surface area contributed by atoms with Crippen molar-refractivity contribution >= 4 is 23.7 Å². The van der Waals surface area contributed by atoms with Crippen LogP contribution in [0.15, 0.2) is 24.3 Å². The number of rotatable bonds is 11. The monoisotopic (exact) mass is 540 g/mol. The second kappa shape index (κ2) is 14.7. The zero-order chi connectivity index (χ0) is 26.8. The third kappa shape index (κ3) is 9.30. The molecule has 0 unspecified atom stereocenters. The number of carboxylic acid groups (broad SMARTS) is 1. The molecule has 10 heteroatoms. The van der Waals surface area contributed by atoms with Gasteiger partial charge in [-0.3, -0.25) is 0 Å². The summed E-state index contributed by atoms with van der Waals surface area (Å²) in [6.45, 7) is 2.37. The minimum Gasteiger partial charge on any atom is -0.465 e. The molecule has 3 rings (SSSR count). The summed E-state index contributed by atoms with van der Waals surface area (Å²) in [6.07, 6.45) is 3.58. The maximum absolute atomic E-state index is 13.6. The van der Waals surface area contributed by atoms with Gasteiger partial charge in [0.2, 0.25) is 0 Å². The van der Waals surface area contributed by atoms with Crippen molar-refractivity contribution in [3.63, 3.8) is 0 Å². The van der Waals surface area contributed by atoms with E-state index < -0.39 is 12.3 Å². The summed E-state index contributed by atoms with van der Waals surface area (Å²) in [6, 6.07) is 7.43. The first kappa shape index (κ1) is 29.5. The molecule has 1 aliphatic carbocycles. The van der Waals surface area contributed by atoms with E-state index in [9.17, 15) is 14.0 Å². The van der Waals surface area contributed by atoms with Crippen LogP contribution in [0.4, 0.5) is 14.0 Å². The molecule has 0 radical (unpaired) electrons. The molecule has 0 aromatic heterocycles. The van der Waals surface area contributed by atoms with E-state index in [0.29, 0.717) is 43.4 Å². The number of benzene rings is 1. The third-order valence-corrected chi connectivity index (χ3v) is 7.81. The third-order valence-electron chi connectivity index (χ3n) is 7.57. The Morgan fingerprint density at radius 3 is 2.70 bits per heavy atom. The van der Waals surface area contributed by atoms with Gasteiger partial charge in [-0.15, -0.1) is 0 Å². The predicted molar refractivity (Wildman–Crippen MR) is 143 cm³/mol. The van der Waals surface area contributed by atoms with Gasteiger partial charge < -0.3 is 30.3 Å². The van der Waals surface area contributed by atoms with Gasteiger partial charge in [-0.05, 0) is 75.6 Å². The minimum atomic E-state index is -1.00. The van der Waals surface area contributed by atoms with Gasteiger partial charge >= 0.3 is 12.1 Å². The zero-order valence-corrected chi connectivity index (χ0v) is 22.8. The number of halogens is 2. The van der Waals surface area contributed by atoms with Crippen LogP contribution in [0.1, 0.15) is 56.6 Å². The molecule has 1 aromatic carbocycles. The molecule has 1 saturated carbocycles. The van der Waals surface area contributed by atoms with Gasteiger partial charge in [0, 0.05) is 50.2 Å². The van der Waals surface area contributed by atoms with Gasteiger partial charge in [-0.25, -0.2) is 14.0 Å². The number of nitrogens with zero attached hydrogens (tertiary/aromatic N) is 2. The number of amides is 3. The molecule has 208 valence electrons. The van der Waals surface area contributed by atoms with Crippen molar-refractivity contribution < 1.29 is 23.8 Å². The average Bonchev–Trinajstić information content (AvgIpc) is 2.88. The fraction of sp³-hybridized carbons (Fsp3) is 0.704. The van der Waals surface area contributed by atoms with Crippen LogP contribution in [-0.2, 0) is 4.74 Å². The zero-order valence-electron chi connectivity index (χ0n) is 22.0. The number of nitrogens with one attached hydrogen (secondary N) is 2. The lowest BCUT2D eigenvalue weighted by Gasteiger charge is -2.38. The molecule has 8 nitrogen and oxygen atoms in total. The van der Waals surface area contributed by atoms with Crippen molar-refractivity contribution in [2.75, 3.05) is 46.9 Å². The lowest BCUT2D eigenvalue weighted by Crippen LogP contribution is -2.52. The van der Waals surface area contributed by atoms with E-state index in [-0.39, 0.29) is 37.2 Å². The first-order valence-electron chi connectivity index (χ1n) is 13.4. The number of hydrogen-bond donors (Lipinski definition) is 3. The van der Waals surface area contributed by atoms with E-state index in [2.05, 4.69) is 10.6 Å². The van der Waals surface area contributed by atoms with E-state index in [1.807, 2.05) is 36.2 Å². The average molecular weight is 541 g/mol. The first-order chi connectivity index (χ1) is 17.8. The lowest BCUT2D eigenvalue weighted by atomic mass is 9.84. The Hall–Kier alpha value is -2.10. The summed E-state index contributed by atoms with van der Waals surface area (Å²) in [5.74, 6) is 0.486. The molecule has 3 atom stereocenters. The molecular weight excluding hydrogens is 499 g/mol. The van der Waals surface area contributed by atoms with Crippen LogP contribution in [0, 0.1) is 11.8 Å². The number of piperidine rings is 1. The van der Waals surface area contributed by atoms with E-state index in [4.69, 9.17) is 21.4 Å². The Bertz CT molecular complexity index is 871.